The highest BCUT2D eigenvalue weighted by Crippen LogP contribution is 2.28. The molecule has 4 heterocycles. The van der Waals surface area contributed by atoms with Gasteiger partial charge in [-0.05, 0) is 24.3 Å². The van der Waals surface area contributed by atoms with Gasteiger partial charge in [0.15, 0.2) is 11.2 Å². The molecule has 4 aromatic rings. The number of benzene rings is 1. The molecular weight excluding hydrogens is 406 g/mol. The number of nitrogens with zero attached hydrogens (tertiary/aromatic N) is 7. The monoisotopic (exact) mass is 421 g/mol. The zero-order valence-electron chi connectivity index (χ0n) is 15.5. The Morgan fingerprint density at radius 1 is 1.00 bits per heavy atom. The van der Waals surface area contributed by atoms with Gasteiger partial charge in [0.05, 0.1) is 0 Å². The molecular formula is C18H15F4N7O. The predicted octanol–water partition coefficient (Wildman–Crippen LogP) is 2.75. The first-order valence-electron chi connectivity index (χ1n) is 9.19. The van der Waals surface area contributed by atoms with Gasteiger partial charge in [0.2, 0.25) is 0 Å². The summed E-state index contributed by atoms with van der Waals surface area (Å²) in [5, 5.41) is 15.6. The summed E-state index contributed by atoms with van der Waals surface area (Å²) < 4.78 is 58.4. The second-order valence-electron chi connectivity index (χ2n) is 7.02. The summed E-state index contributed by atoms with van der Waals surface area (Å²) in [6.45, 7) is 2.99. The molecule has 0 saturated carbocycles. The average molecular weight is 421 g/mol. The maximum absolute atomic E-state index is 13.3. The first kappa shape index (κ1) is 18.7. The molecule has 8 nitrogen and oxygen atoms in total. The van der Waals surface area contributed by atoms with Crippen LogP contribution in [0.5, 0.6) is 0 Å². The summed E-state index contributed by atoms with van der Waals surface area (Å²) >= 11 is 0. The molecule has 1 aromatic carbocycles. The van der Waals surface area contributed by atoms with Crippen LogP contribution in [0, 0.1) is 5.82 Å². The van der Waals surface area contributed by atoms with Crippen molar-refractivity contribution in [2.24, 2.45) is 0 Å². The number of alkyl halides is 3. The molecule has 0 radical (unpaired) electrons. The lowest BCUT2D eigenvalue weighted by Gasteiger charge is -2.34. The van der Waals surface area contributed by atoms with Gasteiger partial charge in [-0.2, -0.15) is 17.7 Å². The van der Waals surface area contributed by atoms with Crippen LogP contribution in [0.15, 0.2) is 34.9 Å². The van der Waals surface area contributed by atoms with Crippen LogP contribution < -0.4 is 4.90 Å². The van der Waals surface area contributed by atoms with E-state index in [0.717, 1.165) is 15.6 Å². The molecule has 5 rings (SSSR count). The lowest BCUT2D eigenvalue weighted by molar-refractivity contribution is -0.146. The quantitative estimate of drug-likeness (QED) is 0.471. The third-order valence-electron chi connectivity index (χ3n) is 5.08. The molecule has 0 amide bonds. The van der Waals surface area contributed by atoms with E-state index in [1.807, 2.05) is 4.90 Å². The van der Waals surface area contributed by atoms with Crippen molar-refractivity contribution in [1.82, 2.24) is 29.9 Å². The van der Waals surface area contributed by atoms with E-state index < -0.39 is 12.0 Å². The molecule has 1 fully saturated rings. The SMILES string of the molecule is Fc1ccc2c(CN3CCN(c4ccc5nnc(C(F)(F)F)n5n4)CC3)noc2c1. The molecule has 12 heteroatoms. The summed E-state index contributed by atoms with van der Waals surface area (Å²) in [5.41, 5.74) is 1.16. The van der Waals surface area contributed by atoms with E-state index in [4.69, 9.17) is 4.52 Å². The van der Waals surface area contributed by atoms with Gasteiger partial charge in [-0.25, -0.2) is 4.39 Å². The maximum Gasteiger partial charge on any atom is 0.453 e. The van der Waals surface area contributed by atoms with E-state index in [9.17, 15) is 17.6 Å². The number of anilines is 1. The number of fused-ring (bicyclic) bond motifs is 2. The van der Waals surface area contributed by atoms with Crippen molar-refractivity contribution in [3.8, 4) is 0 Å². The Labute approximate surface area is 166 Å². The van der Waals surface area contributed by atoms with Crippen molar-refractivity contribution in [3.63, 3.8) is 0 Å². The summed E-state index contributed by atoms with van der Waals surface area (Å²) in [7, 11) is 0. The van der Waals surface area contributed by atoms with Gasteiger partial charge >= 0.3 is 6.18 Å². The minimum absolute atomic E-state index is 0.0408. The fourth-order valence-electron chi connectivity index (χ4n) is 3.55. The number of hydrogen-bond donors (Lipinski definition) is 0. The molecule has 1 aliphatic heterocycles. The zero-order chi connectivity index (χ0) is 20.9. The van der Waals surface area contributed by atoms with E-state index in [2.05, 4.69) is 25.4 Å². The third-order valence-corrected chi connectivity index (χ3v) is 5.08. The fraction of sp³-hybridized carbons (Fsp3) is 0.333. The highest BCUT2D eigenvalue weighted by Gasteiger charge is 2.37. The molecule has 0 N–H and O–H groups in total. The van der Waals surface area contributed by atoms with Gasteiger partial charge in [0.25, 0.3) is 5.82 Å². The second-order valence-corrected chi connectivity index (χ2v) is 7.02. The Morgan fingerprint density at radius 2 is 1.80 bits per heavy atom. The zero-order valence-corrected chi connectivity index (χ0v) is 15.5. The van der Waals surface area contributed by atoms with E-state index in [-0.39, 0.29) is 11.5 Å². The number of halogens is 4. The molecule has 1 aliphatic rings. The van der Waals surface area contributed by atoms with Crippen LogP contribution in [-0.4, -0.2) is 56.0 Å². The topological polar surface area (TPSA) is 75.6 Å². The van der Waals surface area contributed by atoms with Crippen LogP contribution in [-0.2, 0) is 12.7 Å². The summed E-state index contributed by atoms with van der Waals surface area (Å²) in [4.78, 5) is 4.06. The minimum Gasteiger partial charge on any atom is -0.356 e. The van der Waals surface area contributed by atoms with Gasteiger partial charge < -0.3 is 9.42 Å². The second kappa shape index (κ2) is 6.90. The normalized spacial score (nSPS) is 16.1. The van der Waals surface area contributed by atoms with Gasteiger partial charge in [-0.1, -0.05) is 5.16 Å². The van der Waals surface area contributed by atoms with Gasteiger partial charge in [-0.3, -0.25) is 4.90 Å². The highest BCUT2D eigenvalue weighted by atomic mass is 19.4. The first-order chi connectivity index (χ1) is 14.4. The summed E-state index contributed by atoms with van der Waals surface area (Å²) in [5.74, 6) is -1.10. The van der Waals surface area contributed by atoms with Crippen LogP contribution >= 0.6 is 0 Å². The average Bonchev–Trinajstić information content (AvgIpc) is 3.32. The Morgan fingerprint density at radius 3 is 2.57 bits per heavy atom. The number of aromatic nitrogens is 5. The first-order valence-corrected chi connectivity index (χ1v) is 9.19. The Kier molecular flexibility index (Phi) is 4.31. The van der Waals surface area contributed by atoms with Crippen LogP contribution in [0.2, 0.25) is 0 Å². The van der Waals surface area contributed by atoms with E-state index in [0.29, 0.717) is 44.1 Å². The molecule has 0 aliphatic carbocycles. The molecule has 156 valence electrons. The minimum atomic E-state index is -4.63. The molecule has 3 aromatic heterocycles. The maximum atomic E-state index is 13.3. The molecule has 0 unspecified atom stereocenters. The van der Waals surface area contributed by atoms with E-state index >= 15 is 0 Å². The summed E-state index contributed by atoms with van der Waals surface area (Å²) in [6, 6.07) is 7.41. The van der Waals surface area contributed by atoms with Crippen molar-refractivity contribution < 1.29 is 22.1 Å². The van der Waals surface area contributed by atoms with Crippen molar-refractivity contribution in [2.75, 3.05) is 31.1 Å². The smallest absolute Gasteiger partial charge is 0.356 e. The van der Waals surface area contributed by atoms with Crippen LogP contribution in [0.1, 0.15) is 11.5 Å². The highest BCUT2D eigenvalue weighted by molar-refractivity contribution is 5.79. The predicted molar refractivity (Wildman–Crippen MR) is 97.2 cm³/mol. The molecule has 0 bridgehead atoms. The lowest BCUT2D eigenvalue weighted by atomic mass is 10.2. The number of piperazine rings is 1. The van der Waals surface area contributed by atoms with E-state index in [1.54, 1.807) is 12.1 Å². The fourth-order valence-corrected chi connectivity index (χ4v) is 3.55. The lowest BCUT2D eigenvalue weighted by Crippen LogP contribution is -2.46. The van der Waals surface area contributed by atoms with Crippen molar-refractivity contribution in [3.05, 3.63) is 47.7 Å². The van der Waals surface area contributed by atoms with E-state index in [1.165, 1.54) is 18.2 Å². The third kappa shape index (κ3) is 3.32. The Hall–Kier alpha value is -3.28. The van der Waals surface area contributed by atoms with Crippen molar-refractivity contribution in [2.45, 2.75) is 12.7 Å². The molecule has 1 saturated heterocycles. The molecule has 0 spiro atoms. The summed E-state index contributed by atoms with van der Waals surface area (Å²) in [6.07, 6.45) is -4.63. The van der Waals surface area contributed by atoms with Crippen molar-refractivity contribution in [1.29, 1.82) is 0 Å². The van der Waals surface area contributed by atoms with Crippen LogP contribution in [0.4, 0.5) is 23.4 Å². The van der Waals surface area contributed by atoms with Crippen molar-refractivity contribution >= 4 is 22.4 Å². The number of hydrogen-bond acceptors (Lipinski definition) is 7. The largest absolute Gasteiger partial charge is 0.453 e. The molecule has 0 atom stereocenters. The standard InChI is InChI=1S/C18H15F4N7O/c19-11-1-2-12-13(26-30-14(12)9-11)10-27-5-7-28(8-6-27)16-4-3-15-23-24-17(18(20,21)22)29(15)25-16/h1-4,9H,5-8,10H2. The molecule has 30 heavy (non-hydrogen) atoms. The number of rotatable bonds is 3. The Balaban J connectivity index is 1.30. The van der Waals surface area contributed by atoms with Gasteiger partial charge in [0.1, 0.15) is 17.3 Å². The van der Waals surface area contributed by atoms with Crippen LogP contribution in [0.3, 0.4) is 0 Å². The van der Waals surface area contributed by atoms with Crippen LogP contribution in [0.25, 0.3) is 16.6 Å². The van der Waals surface area contributed by atoms with Gasteiger partial charge in [-0.15, -0.1) is 15.3 Å². The Bertz CT molecular complexity index is 1210. The van der Waals surface area contributed by atoms with Gasteiger partial charge in [0, 0.05) is 44.2 Å².